The first-order chi connectivity index (χ1) is 10.3. The first-order valence-corrected chi connectivity index (χ1v) is 8.93. The van der Waals surface area contributed by atoms with Gasteiger partial charge >= 0.3 is 0 Å². The number of aromatic nitrogens is 3. The second-order valence-electron chi connectivity index (χ2n) is 5.42. The number of nitrogens with one attached hydrogen (secondary N) is 2. The zero-order chi connectivity index (χ0) is 14.9. The molecule has 2 atom stereocenters. The van der Waals surface area contributed by atoms with Gasteiger partial charge in [-0.25, -0.2) is 0 Å². The molecule has 1 aromatic rings. The lowest BCUT2D eigenvalue weighted by Gasteiger charge is -2.17. The van der Waals surface area contributed by atoms with Gasteiger partial charge in [0.15, 0.2) is 5.96 Å². The monoisotopic (exact) mass is 310 g/mol. The van der Waals surface area contributed by atoms with Crippen molar-refractivity contribution in [2.75, 3.05) is 19.8 Å². The van der Waals surface area contributed by atoms with E-state index in [1.54, 1.807) is 12.7 Å². The van der Waals surface area contributed by atoms with E-state index in [9.17, 15) is 0 Å². The van der Waals surface area contributed by atoms with Crippen LogP contribution in [0.5, 0.6) is 0 Å². The number of hydrogen-bond donors (Lipinski definition) is 2. The predicted octanol–water partition coefficient (Wildman–Crippen LogP) is 1.51. The van der Waals surface area contributed by atoms with E-state index in [0.29, 0.717) is 6.04 Å². The van der Waals surface area contributed by atoms with Crippen LogP contribution in [0.3, 0.4) is 0 Å². The Labute approximate surface area is 131 Å². The summed E-state index contributed by atoms with van der Waals surface area (Å²) in [6.45, 7) is 1.92. The zero-order valence-electron chi connectivity index (χ0n) is 13.0. The molecule has 0 spiro atoms. The Balaban J connectivity index is 1.57. The van der Waals surface area contributed by atoms with Crippen molar-refractivity contribution >= 4 is 17.7 Å². The number of nitrogens with zero attached hydrogens (tertiary/aromatic N) is 4. The van der Waals surface area contributed by atoms with Crippen LogP contribution in [0.1, 0.15) is 32.1 Å². The van der Waals surface area contributed by atoms with Crippen molar-refractivity contribution in [3.05, 3.63) is 12.7 Å². The van der Waals surface area contributed by atoms with Crippen molar-refractivity contribution in [2.45, 2.75) is 49.9 Å². The first kappa shape index (κ1) is 16.1. The highest BCUT2D eigenvalue weighted by Gasteiger charge is 2.24. The summed E-state index contributed by atoms with van der Waals surface area (Å²) in [5.41, 5.74) is 0. The average Bonchev–Trinajstić information content (AvgIpc) is 3.16. The molecule has 2 rings (SSSR count). The highest BCUT2D eigenvalue weighted by Crippen LogP contribution is 2.27. The van der Waals surface area contributed by atoms with Gasteiger partial charge in [0.25, 0.3) is 0 Å². The molecule has 6 nitrogen and oxygen atoms in total. The van der Waals surface area contributed by atoms with Crippen molar-refractivity contribution in [3.63, 3.8) is 0 Å². The summed E-state index contributed by atoms with van der Waals surface area (Å²) in [7, 11) is 1.84. The van der Waals surface area contributed by atoms with Crippen molar-refractivity contribution in [3.8, 4) is 0 Å². The van der Waals surface area contributed by atoms with Gasteiger partial charge in [0.05, 0.1) is 0 Å². The van der Waals surface area contributed by atoms with Crippen molar-refractivity contribution in [1.82, 2.24) is 25.4 Å². The summed E-state index contributed by atoms with van der Waals surface area (Å²) in [6, 6.07) is 0.575. The van der Waals surface area contributed by atoms with Gasteiger partial charge in [-0.1, -0.05) is 0 Å². The number of unbranched alkanes of at least 4 members (excludes halogenated alkanes) is 1. The smallest absolute Gasteiger partial charge is 0.191 e. The molecule has 2 N–H and O–H groups in total. The molecule has 21 heavy (non-hydrogen) atoms. The molecule has 0 aliphatic heterocycles. The Morgan fingerprint density at radius 2 is 2.14 bits per heavy atom. The van der Waals surface area contributed by atoms with Gasteiger partial charge in [-0.05, 0) is 38.4 Å². The van der Waals surface area contributed by atoms with E-state index < -0.39 is 0 Å². The lowest BCUT2D eigenvalue weighted by molar-refractivity contribution is 0.584. The Hall–Kier alpha value is -1.24. The van der Waals surface area contributed by atoms with Gasteiger partial charge in [-0.3, -0.25) is 4.99 Å². The quantitative estimate of drug-likeness (QED) is 0.454. The molecule has 1 aliphatic carbocycles. The van der Waals surface area contributed by atoms with E-state index in [-0.39, 0.29) is 0 Å². The summed E-state index contributed by atoms with van der Waals surface area (Å²) >= 11 is 1.98. The molecule has 1 saturated carbocycles. The lowest BCUT2D eigenvalue weighted by Crippen LogP contribution is -2.42. The fraction of sp³-hybridized carbons (Fsp3) is 0.786. The third kappa shape index (κ3) is 5.57. The molecule has 2 unspecified atom stereocenters. The molecule has 1 aliphatic rings. The van der Waals surface area contributed by atoms with Crippen molar-refractivity contribution < 1.29 is 0 Å². The summed E-state index contributed by atoms with van der Waals surface area (Å²) < 4.78 is 2.01. The maximum atomic E-state index is 4.31. The van der Waals surface area contributed by atoms with Gasteiger partial charge < -0.3 is 15.2 Å². The van der Waals surface area contributed by atoms with Gasteiger partial charge in [0.1, 0.15) is 12.7 Å². The van der Waals surface area contributed by atoms with Crippen LogP contribution in [0.2, 0.25) is 0 Å². The minimum absolute atomic E-state index is 0.575. The molecule has 118 valence electrons. The fourth-order valence-electron chi connectivity index (χ4n) is 2.64. The summed E-state index contributed by atoms with van der Waals surface area (Å²) in [6.07, 6.45) is 11.8. The lowest BCUT2D eigenvalue weighted by atomic mass is 10.2. The van der Waals surface area contributed by atoms with Gasteiger partial charge in [-0.15, -0.1) is 10.2 Å². The van der Waals surface area contributed by atoms with Crippen LogP contribution in [-0.4, -0.2) is 51.9 Å². The third-order valence-corrected chi connectivity index (χ3v) is 4.98. The first-order valence-electron chi connectivity index (χ1n) is 7.64. The Morgan fingerprint density at radius 3 is 2.81 bits per heavy atom. The van der Waals surface area contributed by atoms with Crippen LogP contribution in [0.4, 0.5) is 0 Å². The highest BCUT2D eigenvalue weighted by molar-refractivity contribution is 7.99. The largest absolute Gasteiger partial charge is 0.356 e. The van der Waals surface area contributed by atoms with Crippen LogP contribution in [-0.2, 0) is 6.54 Å². The minimum Gasteiger partial charge on any atom is -0.356 e. The molecule has 1 heterocycles. The Bertz CT molecular complexity index is 419. The number of aryl methyl sites for hydroxylation is 1. The van der Waals surface area contributed by atoms with Gasteiger partial charge in [-0.2, -0.15) is 11.8 Å². The molecule has 0 amide bonds. The van der Waals surface area contributed by atoms with Gasteiger partial charge in [0.2, 0.25) is 0 Å². The van der Waals surface area contributed by atoms with E-state index in [1.807, 2.05) is 23.4 Å². The number of thioether (sulfide) groups is 1. The molecule has 0 saturated heterocycles. The van der Waals surface area contributed by atoms with E-state index in [1.165, 1.54) is 19.3 Å². The molecule has 1 fully saturated rings. The molecule has 7 heteroatoms. The standard InChI is InChI=1S/C14H26N6S/c1-15-14(19-12-5-6-13(9-12)21-2)16-7-3-4-8-20-10-17-18-11-20/h10-13H,3-9H2,1-2H3,(H2,15,16,19). The average molecular weight is 310 g/mol. The van der Waals surface area contributed by atoms with Crippen LogP contribution >= 0.6 is 11.8 Å². The van der Waals surface area contributed by atoms with Gasteiger partial charge in [0, 0.05) is 31.4 Å². The molecular weight excluding hydrogens is 284 g/mol. The number of guanidine groups is 1. The van der Waals surface area contributed by atoms with E-state index in [2.05, 4.69) is 32.1 Å². The molecule has 0 aromatic carbocycles. The van der Waals surface area contributed by atoms with E-state index in [4.69, 9.17) is 0 Å². The Kier molecular flexibility index (Phi) is 6.85. The highest BCUT2D eigenvalue weighted by atomic mass is 32.2. The Morgan fingerprint density at radius 1 is 1.33 bits per heavy atom. The van der Waals surface area contributed by atoms with Crippen molar-refractivity contribution in [2.24, 2.45) is 4.99 Å². The molecule has 1 aromatic heterocycles. The maximum Gasteiger partial charge on any atom is 0.191 e. The number of rotatable bonds is 7. The molecular formula is C14H26N6S. The topological polar surface area (TPSA) is 67.1 Å². The van der Waals surface area contributed by atoms with E-state index in [0.717, 1.165) is 37.1 Å². The normalized spacial score (nSPS) is 22.5. The summed E-state index contributed by atoms with van der Waals surface area (Å²) in [5.74, 6) is 0.936. The maximum absolute atomic E-state index is 4.31. The van der Waals surface area contributed by atoms with Crippen LogP contribution < -0.4 is 10.6 Å². The second-order valence-corrected chi connectivity index (χ2v) is 6.56. The SMILES string of the molecule is CN=C(NCCCCn1cnnc1)NC1CCC(SC)C1. The number of aliphatic imine (C=N–C) groups is 1. The van der Waals surface area contributed by atoms with E-state index >= 15 is 0 Å². The minimum atomic E-state index is 0.575. The van der Waals surface area contributed by atoms with Crippen molar-refractivity contribution in [1.29, 1.82) is 0 Å². The van der Waals surface area contributed by atoms with Crippen LogP contribution in [0, 0.1) is 0 Å². The van der Waals surface area contributed by atoms with Crippen LogP contribution in [0.15, 0.2) is 17.6 Å². The predicted molar refractivity (Wildman–Crippen MR) is 88.7 cm³/mol. The molecule has 0 radical (unpaired) electrons. The summed E-state index contributed by atoms with van der Waals surface area (Å²) in [5, 5.41) is 15.3. The third-order valence-electron chi connectivity index (χ3n) is 3.88. The fourth-order valence-corrected chi connectivity index (χ4v) is 3.43. The summed E-state index contributed by atoms with van der Waals surface area (Å²) in [4.78, 5) is 4.31. The second kappa shape index (κ2) is 8.92. The van der Waals surface area contributed by atoms with Crippen LogP contribution in [0.25, 0.3) is 0 Å². The zero-order valence-corrected chi connectivity index (χ0v) is 13.8. The number of hydrogen-bond acceptors (Lipinski definition) is 4. The molecule has 0 bridgehead atoms.